The molecule has 7 nitrogen and oxygen atoms in total. The molecule has 0 atom stereocenters. The van der Waals surface area contributed by atoms with E-state index >= 15 is 0 Å². The van der Waals surface area contributed by atoms with E-state index in [0.29, 0.717) is 13.1 Å². The lowest BCUT2D eigenvalue weighted by atomic mass is 10.1. The van der Waals surface area contributed by atoms with Gasteiger partial charge < -0.3 is 15.0 Å². The van der Waals surface area contributed by atoms with Crippen LogP contribution in [0.1, 0.15) is 25.8 Å². The predicted molar refractivity (Wildman–Crippen MR) is 86.5 cm³/mol. The van der Waals surface area contributed by atoms with Gasteiger partial charge in [-0.05, 0) is 30.7 Å². The van der Waals surface area contributed by atoms with Crippen LogP contribution in [-0.2, 0) is 0 Å². The Labute approximate surface area is 135 Å². The van der Waals surface area contributed by atoms with Crippen molar-refractivity contribution in [3.8, 4) is 5.75 Å². The van der Waals surface area contributed by atoms with Gasteiger partial charge in [0.05, 0.1) is 18.8 Å². The third-order valence-corrected chi connectivity index (χ3v) is 3.84. The summed E-state index contributed by atoms with van der Waals surface area (Å²) < 4.78 is 7.39. The van der Waals surface area contributed by atoms with Gasteiger partial charge in [-0.2, -0.15) is 0 Å². The van der Waals surface area contributed by atoms with Crippen LogP contribution < -0.4 is 10.1 Å². The number of anilines is 1. The molecule has 1 aromatic carbocycles. The van der Waals surface area contributed by atoms with Gasteiger partial charge in [0.15, 0.2) is 0 Å². The zero-order valence-corrected chi connectivity index (χ0v) is 13.2. The summed E-state index contributed by atoms with van der Waals surface area (Å²) in [6.45, 7) is 4.14. The number of likely N-dealkylation sites (tertiary alicyclic amines) is 1. The molecular weight excluding hydrogens is 294 g/mol. The number of urea groups is 1. The summed E-state index contributed by atoms with van der Waals surface area (Å²) in [7, 11) is 0. The number of amides is 2. The molecule has 1 saturated heterocycles. The van der Waals surface area contributed by atoms with Gasteiger partial charge in [-0.3, -0.25) is 0 Å². The molecule has 1 N–H and O–H groups in total. The molecule has 1 fully saturated rings. The number of hydrogen-bond donors (Lipinski definition) is 1. The van der Waals surface area contributed by atoms with Crippen molar-refractivity contribution in [1.29, 1.82) is 0 Å². The summed E-state index contributed by atoms with van der Waals surface area (Å²) in [4.78, 5) is 13.9. The zero-order chi connectivity index (χ0) is 16.1. The Morgan fingerprint density at radius 1 is 1.35 bits per heavy atom. The number of benzene rings is 1. The van der Waals surface area contributed by atoms with Crippen molar-refractivity contribution in [2.45, 2.75) is 25.8 Å². The Hall–Kier alpha value is -2.57. The van der Waals surface area contributed by atoms with Crippen LogP contribution in [0.5, 0.6) is 5.75 Å². The van der Waals surface area contributed by atoms with Gasteiger partial charge in [-0.1, -0.05) is 18.6 Å². The minimum absolute atomic E-state index is 0.0963. The van der Waals surface area contributed by atoms with Crippen molar-refractivity contribution < 1.29 is 9.53 Å². The van der Waals surface area contributed by atoms with E-state index in [0.717, 1.165) is 30.9 Å². The van der Waals surface area contributed by atoms with Gasteiger partial charge >= 0.3 is 6.03 Å². The molecule has 0 aliphatic carbocycles. The number of carbonyl (C=O) groups is 1. The van der Waals surface area contributed by atoms with Crippen molar-refractivity contribution in [1.82, 2.24) is 19.9 Å². The van der Waals surface area contributed by atoms with Gasteiger partial charge in [0.2, 0.25) is 0 Å². The Morgan fingerprint density at radius 2 is 2.13 bits per heavy atom. The molecule has 122 valence electrons. The first-order valence-corrected chi connectivity index (χ1v) is 7.91. The number of unbranched alkanes of at least 4 members (excludes halogenated alkanes) is 1. The van der Waals surface area contributed by atoms with E-state index in [9.17, 15) is 4.79 Å². The Kier molecular flexibility index (Phi) is 4.75. The van der Waals surface area contributed by atoms with Crippen molar-refractivity contribution in [2.75, 3.05) is 25.0 Å². The fourth-order valence-electron chi connectivity index (χ4n) is 2.37. The minimum atomic E-state index is -0.0963. The molecular formula is C16H21N5O2. The van der Waals surface area contributed by atoms with Crippen LogP contribution in [0.2, 0.25) is 0 Å². The maximum atomic E-state index is 12.1. The second-order valence-electron chi connectivity index (χ2n) is 5.60. The highest BCUT2D eigenvalue weighted by Gasteiger charge is 2.32. The molecule has 2 aromatic rings. The number of hydrogen-bond acceptors (Lipinski definition) is 4. The number of nitrogens with zero attached hydrogens (tertiary/aromatic N) is 4. The zero-order valence-electron chi connectivity index (χ0n) is 13.2. The maximum Gasteiger partial charge on any atom is 0.321 e. The highest BCUT2D eigenvalue weighted by atomic mass is 16.5. The fraction of sp³-hybridized carbons (Fsp3) is 0.438. The van der Waals surface area contributed by atoms with Crippen molar-refractivity contribution in [3.05, 3.63) is 36.7 Å². The molecule has 1 aliphatic rings. The minimum Gasteiger partial charge on any atom is -0.494 e. The Bertz CT molecular complexity index is 620. The third-order valence-electron chi connectivity index (χ3n) is 3.84. The van der Waals surface area contributed by atoms with E-state index in [1.807, 2.05) is 30.5 Å². The average Bonchev–Trinajstić information content (AvgIpc) is 3.02. The molecule has 23 heavy (non-hydrogen) atoms. The summed E-state index contributed by atoms with van der Waals surface area (Å²) >= 11 is 0. The molecule has 3 rings (SSSR count). The lowest BCUT2D eigenvalue weighted by Crippen LogP contribution is -2.52. The van der Waals surface area contributed by atoms with E-state index in [4.69, 9.17) is 4.74 Å². The summed E-state index contributed by atoms with van der Waals surface area (Å²) in [5.41, 5.74) is 0.766. The van der Waals surface area contributed by atoms with Gasteiger partial charge in [0.25, 0.3) is 0 Å². The molecule has 7 heteroatoms. The van der Waals surface area contributed by atoms with Crippen LogP contribution in [0.3, 0.4) is 0 Å². The Balaban J connectivity index is 1.45. The second-order valence-corrected chi connectivity index (χ2v) is 5.60. The number of aromatic nitrogens is 3. The van der Waals surface area contributed by atoms with E-state index in [2.05, 4.69) is 22.6 Å². The van der Waals surface area contributed by atoms with Crippen LogP contribution >= 0.6 is 0 Å². The molecule has 0 bridgehead atoms. The lowest BCUT2D eigenvalue weighted by Gasteiger charge is -2.38. The van der Waals surface area contributed by atoms with Crippen LogP contribution in [0.25, 0.3) is 0 Å². The first-order valence-electron chi connectivity index (χ1n) is 7.91. The summed E-state index contributed by atoms with van der Waals surface area (Å²) in [6.07, 6.45) is 5.62. The predicted octanol–water partition coefficient (Wildman–Crippen LogP) is 2.55. The molecule has 2 amide bonds. The Morgan fingerprint density at radius 3 is 2.78 bits per heavy atom. The molecule has 0 spiro atoms. The van der Waals surface area contributed by atoms with Gasteiger partial charge in [-0.25, -0.2) is 9.48 Å². The van der Waals surface area contributed by atoms with Crippen LogP contribution in [0.4, 0.5) is 10.5 Å². The van der Waals surface area contributed by atoms with Crippen molar-refractivity contribution in [3.63, 3.8) is 0 Å². The number of nitrogens with one attached hydrogen (secondary N) is 1. The van der Waals surface area contributed by atoms with Gasteiger partial charge in [0, 0.05) is 25.0 Å². The highest BCUT2D eigenvalue weighted by molar-refractivity contribution is 5.89. The fourth-order valence-corrected chi connectivity index (χ4v) is 2.37. The first kappa shape index (κ1) is 15.3. The number of carbonyl (C=O) groups excluding carboxylic acids is 1. The topological polar surface area (TPSA) is 72.3 Å². The maximum absolute atomic E-state index is 12.1. The second kappa shape index (κ2) is 7.13. The summed E-state index contributed by atoms with van der Waals surface area (Å²) in [5.74, 6) is 0.826. The molecule has 1 aliphatic heterocycles. The van der Waals surface area contributed by atoms with Crippen molar-refractivity contribution >= 4 is 11.7 Å². The molecule has 2 heterocycles. The summed E-state index contributed by atoms with van der Waals surface area (Å²) in [5, 5.41) is 10.6. The largest absolute Gasteiger partial charge is 0.494 e. The normalized spacial score (nSPS) is 14.4. The van der Waals surface area contributed by atoms with E-state index < -0.39 is 0 Å². The quantitative estimate of drug-likeness (QED) is 0.832. The number of ether oxygens (including phenoxy) is 1. The highest BCUT2D eigenvalue weighted by Crippen LogP contribution is 2.22. The van der Waals surface area contributed by atoms with E-state index in [-0.39, 0.29) is 12.1 Å². The van der Waals surface area contributed by atoms with E-state index in [1.165, 1.54) is 0 Å². The van der Waals surface area contributed by atoms with Crippen LogP contribution in [0, 0.1) is 0 Å². The molecule has 0 unspecified atom stereocenters. The molecule has 0 saturated carbocycles. The van der Waals surface area contributed by atoms with Gasteiger partial charge in [0.1, 0.15) is 5.75 Å². The smallest absolute Gasteiger partial charge is 0.321 e. The van der Waals surface area contributed by atoms with Crippen LogP contribution in [0.15, 0.2) is 36.7 Å². The molecule has 1 aromatic heterocycles. The third kappa shape index (κ3) is 3.80. The standard InChI is InChI=1S/C16H21N5O2/c1-2-3-10-23-15-6-4-13(5-7-15)18-16(22)20-11-14(12-20)21-9-8-17-19-21/h4-9,14H,2-3,10-12H2,1H3,(H,18,22). The average molecular weight is 315 g/mol. The number of rotatable bonds is 6. The van der Waals surface area contributed by atoms with E-state index in [1.54, 1.807) is 15.8 Å². The van der Waals surface area contributed by atoms with Crippen LogP contribution in [-0.4, -0.2) is 45.6 Å². The molecule has 0 radical (unpaired) electrons. The summed E-state index contributed by atoms with van der Waals surface area (Å²) in [6, 6.07) is 7.58. The van der Waals surface area contributed by atoms with Gasteiger partial charge in [-0.15, -0.1) is 5.10 Å². The monoisotopic (exact) mass is 315 g/mol. The SMILES string of the molecule is CCCCOc1ccc(NC(=O)N2CC(n3ccnn3)C2)cc1. The van der Waals surface area contributed by atoms with Crippen molar-refractivity contribution in [2.24, 2.45) is 0 Å². The lowest BCUT2D eigenvalue weighted by molar-refractivity contribution is 0.127. The first-order chi connectivity index (χ1) is 11.3.